The van der Waals surface area contributed by atoms with Crippen molar-refractivity contribution in [2.24, 2.45) is 0 Å². The van der Waals surface area contributed by atoms with Gasteiger partial charge in [0.1, 0.15) is 4.83 Å². The molecule has 0 aliphatic rings. The number of fused-ring (bicyclic) bond motifs is 1. The fourth-order valence-electron chi connectivity index (χ4n) is 1.10. The molecule has 2 aromatic heterocycles. The van der Waals surface area contributed by atoms with E-state index in [0.717, 1.165) is 15.5 Å². The second-order valence-corrected chi connectivity index (χ2v) is 3.54. The third-order valence-corrected chi connectivity index (χ3v) is 2.77. The Kier molecular flexibility index (Phi) is 2.05. The highest BCUT2D eigenvalue weighted by Crippen LogP contribution is 2.11. The topological polar surface area (TPSA) is 64.0 Å². The van der Waals surface area contributed by atoms with E-state index in [9.17, 15) is 9.59 Å². The first-order valence-corrected chi connectivity index (χ1v) is 4.70. The van der Waals surface area contributed by atoms with Gasteiger partial charge in [-0.3, -0.25) is 4.79 Å². The smallest absolute Gasteiger partial charge is 0.337 e. The normalized spacial score (nSPS) is 10.4. The molecule has 0 spiro atoms. The summed E-state index contributed by atoms with van der Waals surface area (Å²) in [5.74, 6) is 0. The number of aromatic nitrogens is 2. The van der Waals surface area contributed by atoms with E-state index in [1.807, 2.05) is 0 Å². The van der Waals surface area contributed by atoms with E-state index in [-0.39, 0.29) is 5.56 Å². The van der Waals surface area contributed by atoms with Crippen LogP contribution in [-0.4, -0.2) is 22.0 Å². The second kappa shape index (κ2) is 3.22. The molecular weight excluding hydrogens is 202 g/mol. The fourth-order valence-corrected chi connectivity index (χ4v) is 1.99. The van der Waals surface area contributed by atoms with E-state index in [4.69, 9.17) is 0 Å². The standard InChI is InChI=1S/C8H7N3O2S/c1-9-8(13)11-7(12)5-3-2-4-10-6(5)14-11/h2-4H,1H3,(H,9,13). The Bertz CT molecular complexity index is 543. The zero-order chi connectivity index (χ0) is 10.1. The SMILES string of the molecule is CNC(=O)n1sc2ncccc2c1=O. The molecule has 72 valence electrons. The largest absolute Gasteiger partial charge is 0.340 e. The fraction of sp³-hybridized carbons (Fsp3) is 0.125. The highest BCUT2D eigenvalue weighted by atomic mass is 32.1. The summed E-state index contributed by atoms with van der Waals surface area (Å²) in [5, 5.41) is 2.86. The molecule has 2 aromatic rings. The summed E-state index contributed by atoms with van der Waals surface area (Å²) >= 11 is 1.04. The molecule has 0 aliphatic carbocycles. The van der Waals surface area contributed by atoms with E-state index in [1.54, 1.807) is 18.3 Å². The van der Waals surface area contributed by atoms with Crippen molar-refractivity contribution < 1.29 is 4.79 Å². The summed E-state index contributed by atoms with van der Waals surface area (Å²) in [7, 11) is 1.48. The van der Waals surface area contributed by atoms with E-state index in [1.165, 1.54) is 7.05 Å². The van der Waals surface area contributed by atoms with Gasteiger partial charge in [0.2, 0.25) is 0 Å². The number of carbonyl (C=O) groups excluding carboxylic acids is 1. The number of nitrogens with one attached hydrogen (secondary N) is 1. The lowest BCUT2D eigenvalue weighted by molar-refractivity contribution is 0.246. The number of carbonyl (C=O) groups is 1. The number of amides is 1. The van der Waals surface area contributed by atoms with Crippen LogP contribution in [0.2, 0.25) is 0 Å². The summed E-state index contributed by atoms with van der Waals surface area (Å²) in [4.78, 5) is 27.4. The highest BCUT2D eigenvalue weighted by molar-refractivity contribution is 7.14. The molecule has 1 N–H and O–H groups in total. The molecule has 2 rings (SSSR count). The van der Waals surface area contributed by atoms with Gasteiger partial charge in [-0.25, -0.2) is 9.78 Å². The number of nitrogens with zero attached hydrogens (tertiary/aromatic N) is 2. The third-order valence-electron chi connectivity index (χ3n) is 1.76. The molecular formula is C8H7N3O2S. The Balaban J connectivity index is 2.75. The number of pyridine rings is 1. The number of hydrogen-bond acceptors (Lipinski definition) is 4. The van der Waals surface area contributed by atoms with Gasteiger partial charge in [0.15, 0.2) is 0 Å². The average Bonchev–Trinajstić information content (AvgIpc) is 2.56. The Labute approximate surface area is 83.1 Å². The lowest BCUT2D eigenvalue weighted by Gasteiger charge is -1.94. The Morgan fingerprint density at radius 2 is 2.43 bits per heavy atom. The van der Waals surface area contributed by atoms with Crippen LogP contribution < -0.4 is 10.9 Å². The molecule has 0 atom stereocenters. The average molecular weight is 209 g/mol. The molecule has 0 unspecified atom stereocenters. The first-order chi connectivity index (χ1) is 6.74. The minimum atomic E-state index is -0.432. The van der Waals surface area contributed by atoms with Crippen LogP contribution in [0.15, 0.2) is 23.1 Å². The first kappa shape index (κ1) is 8.89. The van der Waals surface area contributed by atoms with Crippen molar-refractivity contribution in [2.45, 2.75) is 0 Å². The Hall–Kier alpha value is -1.69. The zero-order valence-electron chi connectivity index (χ0n) is 7.35. The van der Waals surface area contributed by atoms with Gasteiger partial charge in [-0.05, 0) is 23.7 Å². The minimum absolute atomic E-state index is 0.322. The summed E-state index contributed by atoms with van der Waals surface area (Å²) in [5.41, 5.74) is -0.322. The van der Waals surface area contributed by atoms with Crippen LogP contribution in [0, 0.1) is 0 Å². The molecule has 0 aliphatic heterocycles. The van der Waals surface area contributed by atoms with E-state index in [2.05, 4.69) is 10.3 Å². The number of hydrogen-bond donors (Lipinski definition) is 1. The molecule has 6 heteroatoms. The Morgan fingerprint density at radius 3 is 3.07 bits per heavy atom. The van der Waals surface area contributed by atoms with E-state index >= 15 is 0 Å². The molecule has 0 bridgehead atoms. The van der Waals surface area contributed by atoms with E-state index in [0.29, 0.717) is 10.2 Å². The molecule has 1 amide bonds. The lowest BCUT2D eigenvalue weighted by atomic mass is 10.4. The van der Waals surface area contributed by atoms with Crippen molar-refractivity contribution in [2.75, 3.05) is 7.05 Å². The number of rotatable bonds is 0. The van der Waals surface area contributed by atoms with Gasteiger partial charge in [-0.1, -0.05) is 0 Å². The van der Waals surface area contributed by atoms with Crippen LogP contribution in [0.5, 0.6) is 0 Å². The third kappa shape index (κ3) is 1.20. The minimum Gasteiger partial charge on any atom is -0.340 e. The van der Waals surface area contributed by atoms with Gasteiger partial charge in [0, 0.05) is 13.2 Å². The van der Waals surface area contributed by atoms with Gasteiger partial charge in [0.25, 0.3) is 5.56 Å². The molecule has 0 aromatic carbocycles. The lowest BCUT2D eigenvalue weighted by Crippen LogP contribution is -2.30. The van der Waals surface area contributed by atoms with Gasteiger partial charge < -0.3 is 5.32 Å². The second-order valence-electron chi connectivity index (χ2n) is 2.60. The maximum Gasteiger partial charge on any atom is 0.337 e. The van der Waals surface area contributed by atoms with E-state index < -0.39 is 6.03 Å². The van der Waals surface area contributed by atoms with Crippen molar-refractivity contribution in [3.05, 3.63) is 28.7 Å². The summed E-state index contributed by atoms with van der Waals surface area (Å²) in [6, 6.07) is 2.89. The van der Waals surface area contributed by atoms with Crippen LogP contribution in [0.25, 0.3) is 10.2 Å². The molecule has 0 saturated heterocycles. The van der Waals surface area contributed by atoms with Crippen LogP contribution in [-0.2, 0) is 0 Å². The molecule has 0 fully saturated rings. The quantitative estimate of drug-likeness (QED) is 0.692. The zero-order valence-corrected chi connectivity index (χ0v) is 8.17. The molecule has 0 saturated carbocycles. The van der Waals surface area contributed by atoms with Gasteiger partial charge >= 0.3 is 6.03 Å². The van der Waals surface area contributed by atoms with Crippen molar-refractivity contribution in [3.63, 3.8) is 0 Å². The van der Waals surface area contributed by atoms with Crippen molar-refractivity contribution in [1.29, 1.82) is 0 Å². The van der Waals surface area contributed by atoms with Crippen molar-refractivity contribution in [1.82, 2.24) is 14.3 Å². The van der Waals surface area contributed by atoms with Crippen LogP contribution >= 0.6 is 11.5 Å². The predicted molar refractivity (Wildman–Crippen MR) is 53.7 cm³/mol. The van der Waals surface area contributed by atoms with Crippen molar-refractivity contribution >= 4 is 27.8 Å². The summed E-state index contributed by atoms with van der Waals surface area (Å²) in [6.07, 6.45) is 1.59. The van der Waals surface area contributed by atoms with Crippen LogP contribution in [0.3, 0.4) is 0 Å². The Morgan fingerprint density at radius 1 is 1.64 bits per heavy atom. The predicted octanol–water partition coefficient (Wildman–Crippen LogP) is 0.645. The van der Waals surface area contributed by atoms with Gasteiger partial charge in [-0.2, -0.15) is 3.96 Å². The van der Waals surface area contributed by atoms with Crippen molar-refractivity contribution in [3.8, 4) is 0 Å². The summed E-state index contributed by atoms with van der Waals surface area (Å²) in [6.45, 7) is 0. The highest BCUT2D eigenvalue weighted by Gasteiger charge is 2.12. The maximum absolute atomic E-state index is 11.6. The molecule has 5 nitrogen and oxygen atoms in total. The molecule has 14 heavy (non-hydrogen) atoms. The molecule has 2 heterocycles. The van der Waals surface area contributed by atoms with Gasteiger partial charge in [0.05, 0.1) is 5.39 Å². The maximum atomic E-state index is 11.6. The van der Waals surface area contributed by atoms with Crippen LogP contribution in [0.4, 0.5) is 4.79 Å². The van der Waals surface area contributed by atoms with Gasteiger partial charge in [-0.15, -0.1) is 0 Å². The first-order valence-electron chi connectivity index (χ1n) is 3.93. The molecule has 0 radical (unpaired) electrons. The van der Waals surface area contributed by atoms with Crippen LogP contribution in [0.1, 0.15) is 0 Å². The summed E-state index contributed by atoms with van der Waals surface area (Å²) < 4.78 is 1.05. The monoisotopic (exact) mass is 209 g/mol.